The molecular formula is C18H32N4. The van der Waals surface area contributed by atoms with E-state index < -0.39 is 0 Å². The van der Waals surface area contributed by atoms with E-state index in [1.165, 1.54) is 65.0 Å². The van der Waals surface area contributed by atoms with Crippen LogP contribution in [0.2, 0.25) is 0 Å². The van der Waals surface area contributed by atoms with Gasteiger partial charge < -0.3 is 20.4 Å². The van der Waals surface area contributed by atoms with E-state index in [9.17, 15) is 0 Å². The van der Waals surface area contributed by atoms with Gasteiger partial charge in [-0.15, -0.1) is 0 Å². The van der Waals surface area contributed by atoms with E-state index in [2.05, 4.69) is 45.7 Å². The average molecular weight is 304 g/mol. The minimum atomic E-state index is 0.534. The second-order valence-electron chi connectivity index (χ2n) is 6.83. The highest BCUT2D eigenvalue weighted by Crippen LogP contribution is 2.26. The number of nitrogens with zero attached hydrogens (tertiary/aromatic N) is 2. The number of hydrogen-bond donors (Lipinski definition) is 2. The maximum absolute atomic E-state index is 3.81. The van der Waals surface area contributed by atoms with Gasteiger partial charge in [-0.1, -0.05) is 13.0 Å². The molecule has 22 heavy (non-hydrogen) atoms. The summed E-state index contributed by atoms with van der Waals surface area (Å²) < 4.78 is 0. The molecule has 3 aliphatic rings. The Bertz CT molecular complexity index is 396. The standard InChI is InChI=1S/C18H32N4/c1-2-21-12-14-22(15-13-21)11-5-10-19-17-8-3-6-16-7-4-9-20-18(16)17/h4,7,9,17-20H,2-3,5-6,8,10-15H2,1H3/t17-,18?/m0/s1. The molecule has 1 saturated carbocycles. The van der Waals surface area contributed by atoms with Gasteiger partial charge in [-0.2, -0.15) is 0 Å². The second kappa shape index (κ2) is 8.14. The van der Waals surface area contributed by atoms with Crippen LogP contribution in [0.3, 0.4) is 0 Å². The van der Waals surface area contributed by atoms with E-state index in [1.54, 1.807) is 5.57 Å². The molecule has 0 spiro atoms. The summed E-state index contributed by atoms with van der Waals surface area (Å²) in [6.45, 7) is 10.9. The lowest BCUT2D eigenvalue weighted by Crippen LogP contribution is -2.51. The minimum absolute atomic E-state index is 0.534. The van der Waals surface area contributed by atoms with Crippen LogP contribution in [0.5, 0.6) is 0 Å². The highest BCUT2D eigenvalue weighted by Gasteiger charge is 2.28. The summed E-state index contributed by atoms with van der Waals surface area (Å²) in [6.07, 6.45) is 11.7. The molecule has 3 rings (SSSR count). The summed E-state index contributed by atoms with van der Waals surface area (Å²) in [5.74, 6) is 0. The van der Waals surface area contributed by atoms with Crippen LogP contribution in [0.25, 0.3) is 0 Å². The molecule has 1 saturated heterocycles. The zero-order valence-electron chi connectivity index (χ0n) is 14.1. The molecule has 1 unspecified atom stereocenters. The van der Waals surface area contributed by atoms with Crippen LogP contribution >= 0.6 is 0 Å². The third-order valence-electron chi connectivity index (χ3n) is 5.43. The van der Waals surface area contributed by atoms with Crippen LogP contribution in [-0.4, -0.2) is 67.7 Å². The predicted molar refractivity (Wildman–Crippen MR) is 93.0 cm³/mol. The number of hydrogen-bond acceptors (Lipinski definition) is 4. The summed E-state index contributed by atoms with van der Waals surface area (Å²) in [5.41, 5.74) is 1.59. The zero-order valence-corrected chi connectivity index (χ0v) is 14.1. The third-order valence-corrected chi connectivity index (χ3v) is 5.43. The van der Waals surface area contributed by atoms with Crippen molar-refractivity contribution in [2.75, 3.05) is 45.8 Å². The Morgan fingerprint density at radius 1 is 1.23 bits per heavy atom. The van der Waals surface area contributed by atoms with E-state index in [1.807, 2.05) is 0 Å². The van der Waals surface area contributed by atoms with Crippen LogP contribution in [0, 0.1) is 0 Å². The van der Waals surface area contributed by atoms with E-state index in [0.29, 0.717) is 12.1 Å². The minimum Gasteiger partial charge on any atom is -0.383 e. The average Bonchev–Trinajstić information content (AvgIpc) is 2.59. The summed E-state index contributed by atoms with van der Waals surface area (Å²) in [7, 11) is 0. The molecule has 0 aromatic heterocycles. The molecule has 0 amide bonds. The molecule has 2 heterocycles. The van der Waals surface area contributed by atoms with Crippen molar-refractivity contribution in [2.24, 2.45) is 0 Å². The van der Waals surface area contributed by atoms with Gasteiger partial charge in [0.25, 0.3) is 0 Å². The van der Waals surface area contributed by atoms with Crippen molar-refractivity contribution in [1.82, 2.24) is 20.4 Å². The van der Waals surface area contributed by atoms with Crippen LogP contribution in [0.1, 0.15) is 32.6 Å². The molecule has 4 nitrogen and oxygen atoms in total. The van der Waals surface area contributed by atoms with E-state index >= 15 is 0 Å². The molecule has 2 fully saturated rings. The van der Waals surface area contributed by atoms with Crippen molar-refractivity contribution in [3.05, 3.63) is 23.9 Å². The molecule has 124 valence electrons. The number of piperazine rings is 1. The van der Waals surface area contributed by atoms with Gasteiger partial charge in [0.1, 0.15) is 0 Å². The lowest BCUT2D eigenvalue weighted by atomic mass is 9.84. The molecule has 0 aromatic carbocycles. The summed E-state index contributed by atoms with van der Waals surface area (Å²) in [6, 6.07) is 1.15. The molecule has 0 aromatic rings. The van der Waals surface area contributed by atoms with E-state index in [-0.39, 0.29) is 0 Å². The van der Waals surface area contributed by atoms with E-state index in [4.69, 9.17) is 0 Å². The second-order valence-corrected chi connectivity index (χ2v) is 6.83. The van der Waals surface area contributed by atoms with Crippen LogP contribution in [0.4, 0.5) is 0 Å². The summed E-state index contributed by atoms with van der Waals surface area (Å²) in [5, 5.41) is 7.35. The smallest absolute Gasteiger partial charge is 0.0624 e. The van der Waals surface area contributed by atoms with Gasteiger partial charge in [-0.3, -0.25) is 0 Å². The van der Waals surface area contributed by atoms with Gasteiger partial charge in [-0.05, 0) is 63.2 Å². The summed E-state index contributed by atoms with van der Waals surface area (Å²) in [4.78, 5) is 5.18. The molecule has 2 atom stereocenters. The van der Waals surface area contributed by atoms with Crippen molar-refractivity contribution >= 4 is 0 Å². The third kappa shape index (κ3) is 4.12. The fraction of sp³-hybridized carbons (Fsp3) is 0.778. The monoisotopic (exact) mass is 304 g/mol. The van der Waals surface area contributed by atoms with Gasteiger partial charge in [0.2, 0.25) is 0 Å². The maximum atomic E-state index is 3.81. The van der Waals surface area contributed by atoms with Gasteiger partial charge in [0.15, 0.2) is 0 Å². The Kier molecular flexibility index (Phi) is 5.93. The molecule has 2 N–H and O–H groups in total. The highest BCUT2D eigenvalue weighted by atomic mass is 15.3. The Labute approximate surface area is 135 Å². The van der Waals surface area contributed by atoms with Crippen LogP contribution < -0.4 is 10.6 Å². The summed E-state index contributed by atoms with van der Waals surface area (Å²) >= 11 is 0. The number of likely N-dealkylation sites (N-methyl/N-ethyl adjacent to an activating group) is 1. The fourth-order valence-corrected chi connectivity index (χ4v) is 3.99. The van der Waals surface area contributed by atoms with Gasteiger partial charge in [-0.25, -0.2) is 0 Å². The van der Waals surface area contributed by atoms with Crippen molar-refractivity contribution in [2.45, 2.75) is 44.7 Å². The molecule has 0 radical (unpaired) electrons. The molecule has 1 aliphatic carbocycles. The normalized spacial score (nSPS) is 29.8. The maximum Gasteiger partial charge on any atom is 0.0624 e. The molecular weight excluding hydrogens is 272 g/mol. The highest BCUT2D eigenvalue weighted by molar-refractivity contribution is 5.26. The Balaban J connectivity index is 1.33. The lowest BCUT2D eigenvalue weighted by Gasteiger charge is -2.37. The number of nitrogens with one attached hydrogen (secondary N) is 2. The number of rotatable bonds is 6. The quantitative estimate of drug-likeness (QED) is 0.729. The first-order chi connectivity index (χ1) is 10.9. The van der Waals surface area contributed by atoms with Gasteiger partial charge in [0.05, 0.1) is 6.04 Å². The van der Waals surface area contributed by atoms with Crippen molar-refractivity contribution in [3.63, 3.8) is 0 Å². The lowest BCUT2D eigenvalue weighted by molar-refractivity contribution is 0.135. The Morgan fingerprint density at radius 2 is 2.05 bits per heavy atom. The SMILES string of the molecule is CCN1CCN(CCCN[C@H]2CCCC3=CC=CNC32)CC1. The molecule has 2 aliphatic heterocycles. The first kappa shape index (κ1) is 16.0. The first-order valence-electron chi connectivity index (χ1n) is 9.16. The Hall–Kier alpha value is -0.840. The number of allylic oxidation sites excluding steroid dienone is 2. The van der Waals surface area contributed by atoms with Crippen molar-refractivity contribution < 1.29 is 0 Å². The zero-order chi connectivity index (χ0) is 15.2. The predicted octanol–water partition coefficient (Wildman–Crippen LogP) is 1.57. The Morgan fingerprint density at radius 3 is 2.86 bits per heavy atom. The van der Waals surface area contributed by atoms with Crippen LogP contribution in [-0.2, 0) is 0 Å². The number of dihydropyridines is 1. The van der Waals surface area contributed by atoms with Crippen LogP contribution in [0.15, 0.2) is 23.9 Å². The largest absolute Gasteiger partial charge is 0.383 e. The number of fused-ring (bicyclic) bond motifs is 1. The van der Waals surface area contributed by atoms with Gasteiger partial charge in [0, 0.05) is 32.2 Å². The topological polar surface area (TPSA) is 30.5 Å². The first-order valence-corrected chi connectivity index (χ1v) is 9.16. The van der Waals surface area contributed by atoms with Gasteiger partial charge >= 0.3 is 0 Å². The van der Waals surface area contributed by atoms with Crippen molar-refractivity contribution in [3.8, 4) is 0 Å². The van der Waals surface area contributed by atoms with E-state index in [0.717, 1.165) is 6.54 Å². The molecule has 4 heteroatoms. The molecule has 0 bridgehead atoms. The van der Waals surface area contributed by atoms with Crippen molar-refractivity contribution in [1.29, 1.82) is 0 Å². The fourth-order valence-electron chi connectivity index (χ4n) is 3.99.